The molecule has 1 atom stereocenters. The highest BCUT2D eigenvalue weighted by molar-refractivity contribution is 4.77. The van der Waals surface area contributed by atoms with E-state index in [0.717, 1.165) is 0 Å². The van der Waals surface area contributed by atoms with Gasteiger partial charge in [-0.2, -0.15) is 5.10 Å². The zero-order chi connectivity index (χ0) is 9.14. The third-order valence-corrected chi connectivity index (χ3v) is 1.73. The fourth-order valence-electron chi connectivity index (χ4n) is 0.945. The molecule has 0 saturated heterocycles. The van der Waals surface area contributed by atoms with Crippen molar-refractivity contribution in [1.29, 1.82) is 0 Å². The van der Waals surface area contributed by atoms with Crippen LogP contribution in [-0.2, 0) is 6.54 Å². The van der Waals surface area contributed by atoms with Crippen LogP contribution >= 0.6 is 0 Å². The van der Waals surface area contributed by atoms with E-state index in [2.05, 4.69) is 15.4 Å². The molecule has 0 radical (unpaired) electrons. The molecule has 1 aromatic rings. The molecule has 12 heavy (non-hydrogen) atoms. The molecule has 0 aromatic carbocycles. The second-order valence-corrected chi connectivity index (χ2v) is 2.89. The fraction of sp³-hybridized carbons (Fsp3) is 0.714. The molecule has 0 aliphatic carbocycles. The van der Waals surface area contributed by atoms with Crippen molar-refractivity contribution >= 4 is 0 Å². The number of aromatic nitrogens is 3. The van der Waals surface area contributed by atoms with Crippen molar-refractivity contribution in [3.05, 3.63) is 16.3 Å². The Kier molecular flexibility index (Phi) is 2.65. The van der Waals surface area contributed by atoms with E-state index in [1.54, 1.807) is 6.92 Å². The van der Waals surface area contributed by atoms with E-state index < -0.39 is 0 Å². The highest BCUT2D eigenvalue weighted by Gasteiger charge is 2.04. The number of aryl methyl sites for hydroxylation is 1. The van der Waals surface area contributed by atoms with Crippen LogP contribution in [0.15, 0.2) is 4.79 Å². The Balaban J connectivity index is 2.75. The number of hydrogen-bond acceptors (Lipinski definition) is 3. The van der Waals surface area contributed by atoms with E-state index in [9.17, 15) is 4.79 Å². The van der Waals surface area contributed by atoms with Crippen LogP contribution in [0.25, 0.3) is 0 Å². The normalized spacial score (nSPS) is 13.2. The Morgan fingerprint density at radius 1 is 1.75 bits per heavy atom. The molecule has 1 unspecified atom stereocenters. The third-order valence-electron chi connectivity index (χ3n) is 1.73. The van der Waals surface area contributed by atoms with Gasteiger partial charge in [-0.1, -0.05) is 0 Å². The smallest absolute Gasteiger partial charge is 0.315 e. The SMILES string of the molecule is CNC(C)Cn1nc(C)[nH]c1=O. The van der Waals surface area contributed by atoms with Crippen molar-refractivity contribution in [2.75, 3.05) is 7.05 Å². The summed E-state index contributed by atoms with van der Waals surface area (Å²) in [6, 6.07) is 0.255. The molecule has 5 heteroatoms. The van der Waals surface area contributed by atoms with Gasteiger partial charge < -0.3 is 5.32 Å². The first-order chi connectivity index (χ1) is 5.63. The largest absolute Gasteiger partial charge is 0.343 e. The molecule has 1 rings (SSSR count). The maximum Gasteiger partial charge on any atom is 0.343 e. The van der Waals surface area contributed by atoms with Crippen molar-refractivity contribution in [3.63, 3.8) is 0 Å². The number of aromatic amines is 1. The van der Waals surface area contributed by atoms with Crippen LogP contribution in [0.3, 0.4) is 0 Å². The van der Waals surface area contributed by atoms with Crippen molar-refractivity contribution in [2.24, 2.45) is 0 Å². The van der Waals surface area contributed by atoms with Gasteiger partial charge in [-0.25, -0.2) is 9.48 Å². The number of rotatable bonds is 3. The van der Waals surface area contributed by atoms with Crippen molar-refractivity contribution < 1.29 is 0 Å². The molecule has 0 saturated carbocycles. The molecule has 5 nitrogen and oxygen atoms in total. The number of hydrogen-bond donors (Lipinski definition) is 2. The summed E-state index contributed by atoms with van der Waals surface area (Å²) < 4.78 is 1.43. The van der Waals surface area contributed by atoms with Gasteiger partial charge >= 0.3 is 5.69 Å². The number of nitrogens with zero attached hydrogens (tertiary/aromatic N) is 2. The Labute approximate surface area is 70.8 Å². The maximum atomic E-state index is 11.1. The van der Waals surface area contributed by atoms with Gasteiger partial charge in [0, 0.05) is 6.04 Å². The quantitative estimate of drug-likeness (QED) is 0.642. The predicted molar refractivity (Wildman–Crippen MR) is 46.1 cm³/mol. The summed E-state index contributed by atoms with van der Waals surface area (Å²) in [6.07, 6.45) is 0. The monoisotopic (exact) mass is 170 g/mol. The van der Waals surface area contributed by atoms with Gasteiger partial charge in [0.05, 0.1) is 6.54 Å². The molecule has 1 heterocycles. The maximum absolute atomic E-state index is 11.1. The summed E-state index contributed by atoms with van der Waals surface area (Å²) in [4.78, 5) is 13.7. The summed E-state index contributed by atoms with van der Waals surface area (Å²) >= 11 is 0. The number of likely N-dealkylation sites (N-methyl/N-ethyl adjacent to an activating group) is 1. The Bertz CT molecular complexity index is 301. The molecule has 0 amide bonds. The van der Waals surface area contributed by atoms with Crippen LogP contribution in [-0.4, -0.2) is 27.9 Å². The van der Waals surface area contributed by atoms with Crippen LogP contribution in [0.4, 0.5) is 0 Å². The number of H-pyrrole nitrogens is 1. The molecule has 0 aliphatic rings. The van der Waals surface area contributed by atoms with Gasteiger partial charge in [-0.3, -0.25) is 4.98 Å². The minimum Gasteiger partial charge on any atom is -0.315 e. The van der Waals surface area contributed by atoms with Gasteiger partial charge in [0.15, 0.2) is 0 Å². The first-order valence-electron chi connectivity index (χ1n) is 3.94. The van der Waals surface area contributed by atoms with Crippen molar-refractivity contribution in [1.82, 2.24) is 20.1 Å². The molecule has 1 aromatic heterocycles. The summed E-state index contributed by atoms with van der Waals surface area (Å²) in [5.41, 5.74) is -0.144. The Hall–Kier alpha value is -1.10. The predicted octanol–water partition coefficient (Wildman–Crippen LogP) is -0.512. The van der Waals surface area contributed by atoms with E-state index in [1.807, 2.05) is 14.0 Å². The zero-order valence-corrected chi connectivity index (χ0v) is 7.59. The lowest BCUT2D eigenvalue weighted by Crippen LogP contribution is -2.31. The summed E-state index contributed by atoms with van der Waals surface area (Å²) in [5.74, 6) is 0.656. The average Bonchev–Trinajstić information content (AvgIpc) is 2.30. The average molecular weight is 170 g/mol. The first kappa shape index (κ1) is 8.99. The van der Waals surface area contributed by atoms with Gasteiger partial charge in [0.2, 0.25) is 0 Å². The van der Waals surface area contributed by atoms with Crippen LogP contribution in [0, 0.1) is 6.92 Å². The summed E-state index contributed by atoms with van der Waals surface area (Å²) in [7, 11) is 1.86. The van der Waals surface area contributed by atoms with Gasteiger partial charge in [-0.15, -0.1) is 0 Å². The summed E-state index contributed by atoms with van der Waals surface area (Å²) in [6.45, 7) is 4.36. The van der Waals surface area contributed by atoms with Crippen LogP contribution in [0.1, 0.15) is 12.7 Å². The molecule has 68 valence electrons. The molecule has 2 N–H and O–H groups in total. The minimum absolute atomic E-state index is 0.144. The van der Waals surface area contributed by atoms with Gasteiger partial charge in [-0.05, 0) is 20.9 Å². The van der Waals surface area contributed by atoms with E-state index >= 15 is 0 Å². The highest BCUT2D eigenvalue weighted by Crippen LogP contribution is 1.85. The zero-order valence-electron chi connectivity index (χ0n) is 7.59. The minimum atomic E-state index is -0.144. The van der Waals surface area contributed by atoms with E-state index in [0.29, 0.717) is 12.4 Å². The molecule has 0 aliphatic heterocycles. The lowest BCUT2D eigenvalue weighted by atomic mass is 10.3. The molecule has 0 spiro atoms. The van der Waals surface area contributed by atoms with Gasteiger partial charge in [0.1, 0.15) is 5.82 Å². The van der Waals surface area contributed by atoms with E-state index in [4.69, 9.17) is 0 Å². The lowest BCUT2D eigenvalue weighted by Gasteiger charge is -2.07. The van der Waals surface area contributed by atoms with E-state index in [-0.39, 0.29) is 11.7 Å². The topological polar surface area (TPSA) is 62.7 Å². The van der Waals surface area contributed by atoms with Crippen LogP contribution in [0.2, 0.25) is 0 Å². The summed E-state index contributed by atoms with van der Waals surface area (Å²) in [5, 5.41) is 7.04. The molecule has 0 bridgehead atoms. The van der Waals surface area contributed by atoms with Crippen molar-refractivity contribution in [2.45, 2.75) is 26.4 Å². The van der Waals surface area contributed by atoms with Gasteiger partial charge in [0.25, 0.3) is 0 Å². The fourth-order valence-corrected chi connectivity index (χ4v) is 0.945. The second-order valence-electron chi connectivity index (χ2n) is 2.89. The first-order valence-corrected chi connectivity index (χ1v) is 3.94. The highest BCUT2D eigenvalue weighted by atomic mass is 16.1. The van der Waals surface area contributed by atoms with E-state index in [1.165, 1.54) is 4.68 Å². The van der Waals surface area contributed by atoms with Crippen LogP contribution < -0.4 is 11.0 Å². The standard InChI is InChI=1S/C7H14N4O/c1-5(8-3)4-11-7(12)9-6(2)10-11/h5,8H,4H2,1-3H3,(H,9,10,12). The molecular weight excluding hydrogens is 156 g/mol. The van der Waals surface area contributed by atoms with Crippen molar-refractivity contribution in [3.8, 4) is 0 Å². The second kappa shape index (κ2) is 3.53. The molecule has 0 fully saturated rings. The Morgan fingerprint density at radius 2 is 2.42 bits per heavy atom. The number of nitrogens with one attached hydrogen (secondary N) is 2. The molecular formula is C7H14N4O. The Morgan fingerprint density at radius 3 is 2.83 bits per heavy atom. The van der Waals surface area contributed by atoms with Crippen LogP contribution in [0.5, 0.6) is 0 Å². The third kappa shape index (κ3) is 1.94. The lowest BCUT2D eigenvalue weighted by molar-refractivity contribution is 0.469.